The van der Waals surface area contributed by atoms with E-state index in [1.54, 1.807) is 40.6 Å². The number of rotatable bonds is 6. The van der Waals surface area contributed by atoms with E-state index in [2.05, 4.69) is 25.3 Å². The van der Waals surface area contributed by atoms with Crippen molar-refractivity contribution >= 4 is 5.91 Å². The number of likely N-dealkylation sites (tertiary alicyclic amines) is 1. The Balaban J connectivity index is 1.16. The van der Waals surface area contributed by atoms with E-state index in [-0.39, 0.29) is 17.7 Å². The van der Waals surface area contributed by atoms with Crippen molar-refractivity contribution in [1.29, 1.82) is 0 Å². The maximum Gasteiger partial charge on any atom is 0.276 e. The van der Waals surface area contributed by atoms with Gasteiger partial charge in [-0.3, -0.25) is 14.5 Å². The molecule has 11 heteroatoms. The van der Waals surface area contributed by atoms with E-state index >= 15 is 0 Å². The molecule has 5 heterocycles. The molecule has 0 spiro atoms. The number of carbonyl (C=O) groups is 1. The summed E-state index contributed by atoms with van der Waals surface area (Å²) in [5.74, 6) is 0.948. The fourth-order valence-electron chi connectivity index (χ4n) is 3.13. The molecule has 1 saturated heterocycles. The molecule has 0 saturated carbocycles. The van der Waals surface area contributed by atoms with Gasteiger partial charge in [0.25, 0.3) is 5.91 Å². The van der Waals surface area contributed by atoms with Crippen LogP contribution in [0, 0.1) is 0 Å². The van der Waals surface area contributed by atoms with Crippen LogP contribution in [0.25, 0.3) is 5.69 Å². The number of oxazole rings is 1. The Hall–Kier alpha value is -4.02. The van der Waals surface area contributed by atoms with E-state index in [4.69, 9.17) is 9.15 Å². The van der Waals surface area contributed by atoms with Crippen molar-refractivity contribution in [2.75, 3.05) is 13.1 Å². The maximum absolute atomic E-state index is 12.6. The van der Waals surface area contributed by atoms with Gasteiger partial charge in [0.2, 0.25) is 5.89 Å². The summed E-state index contributed by atoms with van der Waals surface area (Å²) in [4.78, 5) is 24.4. The Morgan fingerprint density at radius 1 is 1.20 bits per heavy atom. The summed E-state index contributed by atoms with van der Waals surface area (Å²) in [6, 6.07) is 3.71. The van der Waals surface area contributed by atoms with Gasteiger partial charge in [-0.05, 0) is 12.1 Å². The molecule has 0 unspecified atom stereocenters. The lowest BCUT2D eigenvalue weighted by Gasteiger charge is -2.38. The monoisotopic (exact) mass is 406 g/mol. The SMILES string of the molecule is Cn1cc(OC2CN(C(=O)c3coc(Cc4ccc(-n5nccn5)cn4)n3)C2)cn1. The van der Waals surface area contributed by atoms with Gasteiger partial charge in [0, 0.05) is 12.7 Å². The van der Waals surface area contributed by atoms with E-state index in [1.807, 2.05) is 19.2 Å². The zero-order valence-electron chi connectivity index (χ0n) is 16.1. The fourth-order valence-corrected chi connectivity index (χ4v) is 3.13. The highest BCUT2D eigenvalue weighted by Crippen LogP contribution is 2.19. The molecular weight excluding hydrogens is 388 g/mol. The lowest BCUT2D eigenvalue weighted by molar-refractivity contribution is 0.0173. The van der Waals surface area contributed by atoms with E-state index in [0.29, 0.717) is 31.2 Å². The van der Waals surface area contributed by atoms with Crippen LogP contribution < -0.4 is 4.74 Å². The van der Waals surface area contributed by atoms with Crippen LogP contribution in [0.3, 0.4) is 0 Å². The molecule has 0 aliphatic carbocycles. The molecule has 0 radical (unpaired) electrons. The summed E-state index contributed by atoms with van der Waals surface area (Å²) in [6.45, 7) is 1.00. The van der Waals surface area contributed by atoms with Gasteiger partial charge in [-0.1, -0.05) is 0 Å². The number of hydrogen-bond acceptors (Lipinski definition) is 8. The quantitative estimate of drug-likeness (QED) is 0.463. The molecule has 1 aliphatic heterocycles. The first kappa shape index (κ1) is 18.0. The average Bonchev–Trinajstić information content (AvgIpc) is 3.47. The molecular formula is C19H18N8O3. The number of nitrogens with zero attached hydrogens (tertiary/aromatic N) is 8. The molecule has 0 aromatic carbocycles. The van der Waals surface area contributed by atoms with Crippen LogP contribution in [0.1, 0.15) is 22.1 Å². The van der Waals surface area contributed by atoms with Crippen LogP contribution in [0.2, 0.25) is 0 Å². The van der Waals surface area contributed by atoms with Crippen LogP contribution in [-0.2, 0) is 13.5 Å². The first-order valence-electron chi connectivity index (χ1n) is 9.34. The minimum absolute atomic E-state index is 0.0449. The minimum atomic E-state index is -0.177. The Morgan fingerprint density at radius 2 is 2.03 bits per heavy atom. The van der Waals surface area contributed by atoms with Crippen molar-refractivity contribution in [3.8, 4) is 11.4 Å². The second-order valence-corrected chi connectivity index (χ2v) is 6.93. The minimum Gasteiger partial charge on any atom is -0.483 e. The van der Waals surface area contributed by atoms with Crippen molar-refractivity contribution < 1.29 is 13.9 Å². The fraction of sp³-hybridized carbons (Fsp3) is 0.263. The van der Waals surface area contributed by atoms with E-state index < -0.39 is 0 Å². The van der Waals surface area contributed by atoms with Crippen molar-refractivity contribution in [3.05, 3.63) is 66.7 Å². The highest BCUT2D eigenvalue weighted by molar-refractivity contribution is 5.92. The number of carbonyl (C=O) groups excluding carboxylic acids is 1. The molecule has 1 aliphatic rings. The summed E-state index contributed by atoms with van der Waals surface area (Å²) < 4.78 is 12.9. The third-order valence-electron chi connectivity index (χ3n) is 4.68. The Kier molecular flexibility index (Phi) is 4.46. The highest BCUT2D eigenvalue weighted by atomic mass is 16.5. The number of pyridine rings is 1. The predicted molar refractivity (Wildman–Crippen MR) is 102 cm³/mol. The van der Waals surface area contributed by atoms with Crippen molar-refractivity contribution in [3.63, 3.8) is 0 Å². The van der Waals surface area contributed by atoms with Gasteiger partial charge >= 0.3 is 0 Å². The molecule has 4 aromatic rings. The van der Waals surface area contributed by atoms with Crippen molar-refractivity contribution in [1.82, 2.24) is 39.6 Å². The molecule has 1 fully saturated rings. The smallest absolute Gasteiger partial charge is 0.276 e. The van der Waals surface area contributed by atoms with Gasteiger partial charge in [0.1, 0.15) is 18.1 Å². The Labute approximate surface area is 170 Å². The first-order chi connectivity index (χ1) is 14.6. The standard InChI is InChI=1S/C19H18N8O3/c1-25-9-15(8-23-25)30-16-10-26(11-16)19(28)17-12-29-18(24-17)6-13-2-3-14(7-20-13)27-21-4-5-22-27/h2-5,7-9,12,16H,6,10-11H2,1H3. The van der Waals surface area contributed by atoms with Crippen molar-refractivity contribution in [2.24, 2.45) is 7.05 Å². The van der Waals surface area contributed by atoms with Gasteiger partial charge in [-0.25, -0.2) is 4.98 Å². The topological polar surface area (TPSA) is 117 Å². The zero-order valence-corrected chi connectivity index (χ0v) is 16.1. The van der Waals surface area contributed by atoms with E-state index in [1.165, 1.54) is 11.1 Å². The third kappa shape index (κ3) is 3.64. The van der Waals surface area contributed by atoms with Gasteiger partial charge in [-0.15, -0.1) is 0 Å². The second kappa shape index (κ2) is 7.43. The number of aryl methyl sites for hydroxylation is 1. The maximum atomic E-state index is 12.6. The molecule has 30 heavy (non-hydrogen) atoms. The molecule has 1 amide bonds. The van der Waals surface area contributed by atoms with Crippen LogP contribution in [0.15, 0.2) is 53.8 Å². The summed E-state index contributed by atoms with van der Waals surface area (Å²) in [6.07, 6.45) is 10.0. The van der Waals surface area contributed by atoms with Gasteiger partial charge in [0.05, 0.1) is 50.5 Å². The largest absolute Gasteiger partial charge is 0.483 e. The summed E-state index contributed by atoms with van der Waals surface area (Å²) in [5.41, 5.74) is 1.80. The van der Waals surface area contributed by atoms with Crippen LogP contribution in [0.5, 0.6) is 5.75 Å². The lowest BCUT2D eigenvalue weighted by Crippen LogP contribution is -2.56. The van der Waals surface area contributed by atoms with Gasteiger partial charge in [-0.2, -0.15) is 20.1 Å². The number of aromatic nitrogens is 7. The highest BCUT2D eigenvalue weighted by Gasteiger charge is 2.34. The average molecular weight is 406 g/mol. The molecule has 152 valence electrons. The van der Waals surface area contributed by atoms with Crippen LogP contribution >= 0.6 is 0 Å². The van der Waals surface area contributed by atoms with Crippen LogP contribution in [0.4, 0.5) is 0 Å². The molecule has 5 rings (SSSR count). The third-order valence-corrected chi connectivity index (χ3v) is 4.68. The van der Waals surface area contributed by atoms with Crippen LogP contribution in [-0.4, -0.2) is 64.7 Å². The normalized spacial score (nSPS) is 14.0. The first-order valence-corrected chi connectivity index (χ1v) is 9.34. The second-order valence-electron chi connectivity index (χ2n) is 6.93. The van der Waals surface area contributed by atoms with Crippen molar-refractivity contribution in [2.45, 2.75) is 12.5 Å². The molecule has 0 N–H and O–H groups in total. The summed E-state index contributed by atoms with van der Waals surface area (Å²) >= 11 is 0. The summed E-state index contributed by atoms with van der Waals surface area (Å²) in [5, 5.41) is 12.2. The molecule has 0 atom stereocenters. The summed E-state index contributed by atoms with van der Waals surface area (Å²) in [7, 11) is 1.83. The Bertz CT molecular complexity index is 1140. The predicted octanol–water partition coefficient (Wildman–Crippen LogP) is 0.878. The Morgan fingerprint density at radius 3 is 2.73 bits per heavy atom. The lowest BCUT2D eigenvalue weighted by atomic mass is 10.1. The zero-order chi connectivity index (χ0) is 20.5. The molecule has 4 aromatic heterocycles. The van der Waals surface area contributed by atoms with Gasteiger partial charge < -0.3 is 14.1 Å². The van der Waals surface area contributed by atoms with E-state index in [9.17, 15) is 4.79 Å². The van der Waals surface area contributed by atoms with Gasteiger partial charge in [0.15, 0.2) is 11.4 Å². The number of ether oxygens (including phenoxy) is 1. The number of hydrogen-bond donors (Lipinski definition) is 0. The number of amides is 1. The molecule has 0 bridgehead atoms. The van der Waals surface area contributed by atoms with E-state index in [0.717, 1.165) is 11.4 Å². The molecule has 11 nitrogen and oxygen atoms in total.